The minimum atomic E-state index is -0.992. The Labute approximate surface area is 114 Å². The van der Waals surface area contributed by atoms with Gasteiger partial charge in [-0.05, 0) is 25.2 Å². The Bertz CT molecular complexity index is 305. The van der Waals surface area contributed by atoms with E-state index in [0.717, 1.165) is 6.61 Å². The van der Waals surface area contributed by atoms with Crippen LogP contribution in [0.4, 0.5) is 4.79 Å². The Morgan fingerprint density at radius 1 is 1.47 bits per heavy atom. The Kier molecular flexibility index (Phi) is 6.62. The van der Waals surface area contributed by atoms with Crippen molar-refractivity contribution in [1.82, 2.24) is 10.2 Å². The summed E-state index contributed by atoms with van der Waals surface area (Å²) in [6, 6.07) is -1.18. The summed E-state index contributed by atoms with van der Waals surface area (Å²) in [5.41, 5.74) is 0. The first-order chi connectivity index (χ1) is 9.04. The molecule has 0 bridgehead atoms. The Hall–Kier alpha value is -1.30. The lowest BCUT2D eigenvalue weighted by atomic mass is 10.2. The summed E-state index contributed by atoms with van der Waals surface area (Å²) in [6.45, 7) is 3.61. The zero-order valence-electron chi connectivity index (χ0n) is 11.7. The summed E-state index contributed by atoms with van der Waals surface area (Å²) in [5.74, 6) is -0.284. The van der Waals surface area contributed by atoms with E-state index in [4.69, 9.17) is 9.84 Å². The lowest BCUT2D eigenvalue weighted by Gasteiger charge is -2.21. The molecule has 0 aromatic carbocycles. The zero-order chi connectivity index (χ0) is 14.3. The quantitative estimate of drug-likeness (QED) is 0.620. The molecule has 0 unspecified atom stereocenters. The van der Waals surface area contributed by atoms with Gasteiger partial charge in [-0.3, -0.25) is 0 Å². The molecule has 2 N–H and O–H groups in total. The van der Waals surface area contributed by atoms with E-state index in [1.165, 1.54) is 17.7 Å². The van der Waals surface area contributed by atoms with E-state index in [2.05, 4.69) is 5.32 Å². The fourth-order valence-electron chi connectivity index (χ4n) is 1.64. The molecule has 19 heavy (non-hydrogen) atoms. The third-order valence-electron chi connectivity index (χ3n) is 3.14. The second kappa shape index (κ2) is 7.99. The predicted octanol–water partition coefficient (Wildman–Crippen LogP) is 1.31. The number of aliphatic carboxylic acids is 1. The van der Waals surface area contributed by atoms with Gasteiger partial charge in [-0.1, -0.05) is 13.3 Å². The maximum absolute atomic E-state index is 11.8. The van der Waals surface area contributed by atoms with E-state index in [0.29, 0.717) is 31.9 Å². The van der Waals surface area contributed by atoms with Crippen molar-refractivity contribution in [2.45, 2.75) is 38.6 Å². The van der Waals surface area contributed by atoms with Gasteiger partial charge in [0.2, 0.25) is 0 Å². The molecular formula is C13H24N2O4. The first-order valence-corrected chi connectivity index (χ1v) is 6.86. The van der Waals surface area contributed by atoms with Gasteiger partial charge in [0, 0.05) is 20.2 Å². The normalized spacial score (nSPS) is 15.9. The van der Waals surface area contributed by atoms with Gasteiger partial charge in [0.15, 0.2) is 0 Å². The number of rotatable bonds is 9. The molecule has 0 aromatic rings. The van der Waals surface area contributed by atoms with Crippen LogP contribution < -0.4 is 5.32 Å². The van der Waals surface area contributed by atoms with Crippen molar-refractivity contribution in [3.05, 3.63) is 0 Å². The van der Waals surface area contributed by atoms with Crippen molar-refractivity contribution in [2.24, 2.45) is 5.92 Å². The van der Waals surface area contributed by atoms with Crippen LogP contribution in [0.1, 0.15) is 32.6 Å². The van der Waals surface area contributed by atoms with Crippen LogP contribution in [0, 0.1) is 5.92 Å². The molecule has 0 aromatic heterocycles. The molecule has 6 nitrogen and oxygen atoms in total. The molecule has 0 saturated heterocycles. The van der Waals surface area contributed by atoms with Gasteiger partial charge in [0.1, 0.15) is 6.04 Å². The number of amides is 2. The number of urea groups is 1. The first-order valence-electron chi connectivity index (χ1n) is 6.86. The molecular weight excluding hydrogens is 248 g/mol. The second-order valence-electron chi connectivity index (χ2n) is 5.07. The van der Waals surface area contributed by atoms with E-state index in [1.807, 2.05) is 6.92 Å². The second-order valence-corrected chi connectivity index (χ2v) is 5.07. The molecule has 0 radical (unpaired) electrons. The largest absolute Gasteiger partial charge is 0.480 e. The highest BCUT2D eigenvalue weighted by atomic mass is 16.5. The zero-order valence-corrected chi connectivity index (χ0v) is 11.7. The minimum Gasteiger partial charge on any atom is -0.480 e. The van der Waals surface area contributed by atoms with Gasteiger partial charge in [-0.15, -0.1) is 0 Å². The summed E-state index contributed by atoms with van der Waals surface area (Å²) < 4.78 is 5.44. The van der Waals surface area contributed by atoms with E-state index in [-0.39, 0.29) is 6.03 Å². The Balaban J connectivity index is 2.19. The molecule has 1 aliphatic carbocycles. The Morgan fingerprint density at radius 3 is 2.68 bits per heavy atom. The van der Waals surface area contributed by atoms with E-state index in [1.54, 1.807) is 7.05 Å². The summed E-state index contributed by atoms with van der Waals surface area (Å²) in [7, 11) is 1.64. The number of ether oxygens (including phenoxy) is 1. The van der Waals surface area contributed by atoms with Gasteiger partial charge in [0.25, 0.3) is 0 Å². The number of nitrogens with one attached hydrogen (secondary N) is 1. The van der Waals surface area contributed by atoms with Crippen molar-refractivity contribution < 1.29 is 19.4 Å². The van der Waals surface area contributed by atoms with Crippen LogP contribution in [0.3, 0.4) is 0 Å². The van der Waals surface area contributed by atoms with Gasteiger partial charge < -0.3 is 20.1 Å². The molecule has 0 spiro atoms. The summed E-state index contributed by atoms with van der Waals surface area (Å²) in [4.78, 5) is 24.2. The molecule has 1 atom stereocenters. The molecule has 1 saturated carbocycles. The molecule has 0 heterocycles. The van der Waals surface area contributed by atoms with Crippen molar-refractivity contribution in [3.63, 3.8) is 0 Å². The number of carboxylic acids is 1. The van der Waals surface area contributed by atoms with Crippen molar-refractivity contribution in [1.29, 1.82) is 0 Å². The van der Waals surface area contributed by atoms with Crippen LogP contribution in [0.2, 0.25) is 0 Å². The van der Waals surface area contributed by atoms with Crippen LogP contribution in [0.15, 0.2) is 0 Å². The number of nitrogens with zero attached hydrogens (tertiary/aromatic N) is 1. The lowest BCUT2D eigenvalue weighted by molar-refractivity contribution is -0.139. The SMILES string of the molecule is CCC[C@H](NC(=O)N(C)CCOCC1CC1)C(=O)O. The number of hydrogen-bond donors (Lipinski definition) is 2. The fraction of sp³-hybridized carbons (Fsp3) is 0.846. The molecule has 0 aliphatic heterocycles. The number of carbonyl (C=O) groups excluding carboxylic acids is 1. The average molecular weight is 272 g/mol. The van der Waals surface area contributed by atoms with E-state index in [9.17, 15) is 9.59 Å². The van der Waals surface area contributed by atoms with Crippen molar-refractivity contribution >= 4 is 12.0 Å². The maximum Gasteiger partial charge on any atom is 0.326 e. The fourth-order valence-corrected chi connectivity index (χ4v) is 1.64. The number of carbonyl (C=O) groups is 2. The summed E-state index contributed by atoms with van der Waals surface area (Å²) in [5, 5.41) is 11.5. The van der Waals surface area contributed by atoms with Gasteiger partial charge in [0.05, 0.1) is 6.61 Å². The molecule has 1 aliphatic rings. The number of carboxylic acid groups (broad SMARTS) is 1. The lowest BCUT2D eigenvalue weighted by Crippen LogP contribution is -2.47. The van der Waals surface area contributed by atoms with E-state index >= 15 is 0 Å². The first kappa shape index (κ1) is 15.8. The highest BCUT2D eigenvalue weighted by molar-refractivity contribution is 5.82. The molecule has 2 amide bonds. The molecule has 6 heteroatoms. The van der Waals surface area contributed by atoms with Crippen LogP contribution in [-0.2, 0) is 9.53 Å². The topological polar surface area (TPSA) is 78.9 Å². The average Bonchev–Trinajstić information content (AvgIpc) is 3.17. The highest BCUT2D eigenvalue weighted by Crippen LogP contribution is 2.28. The van der Waals surface area contributed by atoms with Crippen molar-refractivity contribution in [2.75, 3.05) is 26.8 Å². The standard InChI is InChI=1S/C13H24N2O4/c1-3-4-11(12(16)17)14-13(18)15(2)7-8-19-9-10-5-6-10/h10-11H,3-9H2,1-2H3,(H,14,18)(H,16,17)/t11-/m0/s1. The maximum atomic E-state index is 11.8. The van der Waals surface area contributed by atoms with Crippen LogP contribution in [0.5, 0.6) is 0 Å². The smallest absolute Gasteiger partial charge is 0.326 e. The monoisotopic (exact) mass is 272 g/mol. The van der Waals surface area contributed by atoms with Crippen LogP contribution in [0.25, 0.3) is 0 Å². The Morgan fingerprint density at radius 2 is 2.16 bits per heavy atom. The van der Waals surface area contributed by atoms with Gasteiger partial charge in [-0.25, -0.2) is 9.59 Å². The van der Waals surface area contributed by atoms with Gasteiger partial charge in [-0.2, -0.15) is 0 Å². The summed E-state index contributed by atoms with van der Waals surface area (Å²) in [6.07, 6.45) is 3.64. The minimum absolute atomic E-state index is 0.365. The van der Waals surface area contributed by atoms with Crippen molar-refractivity contribution in [3.8, 4) is 0 Å². The third kappa shape index (κ3) is 6.42. The predicted molar refractivity (Wildman–Crippen MR) is 71.0 cm³/mol. The molecule has 1 rings (SSSR count). The third-order valence-corrected chi connectivity index (χ3v) is 3.14. The highest BCUT2D eigenvalue weighted by Gasteiger charge is 2.22. The van der Waals surface area contributed by atoms with Crippen LogP contribution >= 0.6 is 0 Å². The number of hydrogen-bond acceptors (Lipinski definition) is 3. The van der Waals surface area contributed by atoms with Crippen LogP contribution in [-0.4, -0.2) is 54.9 Å². The molecule has 110 valence electrons. The number of likely N-dealkylation sites (N-methyl/N-ethyl adjacent to an activating group) is 1. The van der Waals surface area contributed by atoms with E-state index < -0.39 is 12.0 Å². The molecule has 1 fully saturated rings. The summed E-state index contributed by atoms with van der Waals surface area (Å²) >= 11 is 0. The van der Waals surface area contributed by atoms with Gasteiger partial charge >= 0.3 is 12.0 Å².